The van der Waals surface area contributed by atoms with Gasteiger partial charge in [0.25, 0.3) is 11.8 Å². The van der Waals surface area contributed by atoms with E-state index in [9.17, 15) is 14.0 Å². The molecule has 9 heteroatoms. The number of benzene rings is 3. The molecule has 1 aromatic heterocycles. The molecule has 1 amide bonds. The summed E-state index contributed by atoms with van der Waals surface area (Å²) in [7, 11) is 0. The molecular formula is C25H20FN3O5. The summed E-state index contributed by atoms with van der Waals surface area (Å²) in [5.41, 5.74) is 2.03. The number of anilines is 1. The van der Waals surface area contributed by atoms with Crippen LogP contribution < -0.4 is 10.1 Å². The highest BCUT2D eigenvalue weighted by Crippen LogP contribution is 2.21. The van der Waals surface area contributed by atoms with E-state index >= 15 is 0 Å². The lowest BCUT2D eigenvalue weighted by molar-refractivity contribution is -0.118. The molecule has 1 N–H and O–H groups in total. The van der Waals surface area contributed by atoms with Gasteiger partial charge < -0.3 is 19.3 Å². The van der Waals surface area contributed by atoms with Crippen molar-refractivity contribution in [2.75, 3.05) is 11.9 Å². The molecule has 0 aliphatic rings. The quantitative estimate of drug-likeness (QED) is 0.384. The van der Waals surface area contributed by atoms with Gasteiger partial charge in [-0.15, -0.1) is 0 Å². The summed E-state index contributed by atoms with van der Waals surface area (Å²) in [6.45, 7) is 1.31. The number of aryl methyl sites for hydroxylation is 1. The third-order valence-electron chi connectivity index (χ3n) is 4.72. The summed E-state index contributed by atoms with van der Waals surface area (Å²) in [6, 6.07) is 19.7. The lowest BCUT2D eigenvalue weighted by Crippen LogP contribution is -2.21. The van der Waals surface area contributed by atoms with Crippen molar-refractivity contribution in [3.63, 3.8) is 0 Å². The number of halogens is 1. The molecule has 8 nitrogen and oxygen atoms in total. The first-order valence-electron chi connectivity index (χ1n) is 10.3. The minimum atomic E-state index is -0.694. The topological polar surface area (TPSA) is 104 Å². The number of esters is 1. The van der Waals surface area contributed by atoms with E-state index in [1.54, 1.807) is 18.2 Å². The number of hydrogen-bond donors (Lipinski definition) is 1. The molecular weight excluding hydrogens is 441 g/mol. The summed E-state index contributed by atoms with van der Waals surface area (Å²) in [5, 5.41) is 6.31. The van der Waals surface area contributed by atoms with Crippen LogP contribution in [0.2, 0.25) is 0 Å². The van der Waals surface area contributed by atoms with E-state index in [1.807, 2.05) is 31.2 Å². The molecule has 0 spiro atoms. The molecule has 0 fully saturated rings. The van der Waals surface area contributed by atoms with Crippen LogP contribution in [0.4, 0.5) is 10.1 Å². The van der Waals surface area contributed by atoms with Crippen molar-refractivity contribution in [3.05, 3.63) is 95.6 Å². The van der Waals surface area contributed by atoms with E-state index in [2.05, 4.69) is 15.5 Å². The van der Waals surface area contributed by atoms with Crippen molar-refractivity contribution in [1.82, 2.24) is 10.1 Å². The number of carbonyl (C=O) groups excluding carboxylic acids is 2. The van der Waals surface area contributed by atoms with Crippen LogP contribution in [0.5, 0.6) is 5.75 Å². The predicted octanol–water partition coefficient (Wildman–Crippen LogP) is 4.56. The molecule has 0 saturated carbocycles. The summed E-state index contributed by atoms with van der Waals surface area (Å²) < 4.78 is 29.6. The molecule has 34 heavy (non-hydrogen) atoms. The fourth-order valence-corrected chi connectivity index (χ4v) is 2.99. The first-order chi connectivity index (χ1) is 16.5. The average Bonchev–Trinajstić information content (AvgIpc) is 3.32. The Bertz CT molecular complexity index is 1300. The van der Waals surface area contributed by atoms with Gasteiger partial charge in [0.05, 0.1) is 5.69 Å². The number of carbonyl (C=O) groups is 2. The first kappa shape index (κ1) is 22.7. The minimum absolute atomic E-state index is 0.0355. The van der Waals surface area contributed by atoms with Crippen LogP contribution in [-0.4, -0.2) is 28.6 Å². The Morgan fingerprint density at radius 2 is 1.74 bits per heavy atom. The maximum Gasteiger partial charge on any atom is 0.342 e. The summed E-state index contributed by atoms with van der Waals surface area (Å²) in [5.74, 6) is -1.18. The average molecular weight is 461 g/mol. The van der Waals surface area contributed by atoms with Crippen LogP contribution in [-0.2, 0) is 16.1 Å². The van der Waals surface area contributed by atoms with Gasteiger partial charge in [-0.3, -0.25) is 4.79 Å². The Kier molecular flexibility index (Phi) is 6.92. The van der Waals surface area contributed by atoms with Crippen LogP contribution in [0.1, 0.15) is 21.8 Å². The second-order valence-electron chi connectivity index (χ2n) is 7.27. The van der Waals surface area contributed by atoms with E-state index in [0.717, 1.165) is 11.1 Å². The van der Waals surface area contributed by atoms with Gasteiger partial charge in [0.2, 0.25) is 5.82 Å². The monoisotopic (exact) mass is 461 g/mol. The third kappa shape index (κ3) is 5.63. The van der Waals surface area contributed by atoms with Crippen molar-refractivity contribution in [2.24, 2.45) is 0 Å². The van der Waals surface area contributed by atoms with Gasteiger partial charge >= 0.3 is 5.97 Å². The standard InChI is InChI=1S/C25H20FN3O5/c1-16-10-12-17(13-11-16)24-28-23(34-29-24)15-33-25(31)18-6-2-5-9-21(18)32-14-22(30)27-20-8-4-3-7-19(20)26/h2-13H,14-15H2,1H3,(H,27,30). The Morgan fingerprint density at radius 1 is 1.00 bits per heavy atom. The van der Waals surface area contributed by atoms with Gasteiger partial charge in [-0.2, -0.15) is 4.98 Å². The zero-order valence-corrected chi connectivity index (χ0v) is 18.2. The van der Waals surface area contributed by atoms with E-state index in [1.165, 1.54) is 30.3 Å². The van der Waals surface area contributed by atoms with Crippen molar-refractivity contribution in [1.29, 1.82) is 0 Å². The maximum absolute atomic E-state index is 13.7. The molecule has 0 atom stereocenters. The fourth-order valence-electron chi connectivity index (χ4n) is 2.99. The highest BCUT2D eigenvalue weighted by molar-refractivity contribution is 5.94. The molecule has 4 rings (SSSR count). The molecule has 1 heterocycles. The van der Waals surface area contributed by atoms with Gasteiger partial charge in [0.15, 0.2) is 13.2 Å². The van der Waals surface area contributed by atoms with Crippen LogP contribution in [0, 0.1) is 12.7 Å². The predicted molar refractivity (Wildman–Crippen MR) is 121 cm³/mol. The molecule has 4 aromatic rings. The second-order valence-corrected chi connectivity index (χ2v) is 7.27. The van der Waals surface area contributed by atoms with Crippen LogP contribution >= 0.6 is 0 Å². The van der Waals surface area contributed by atoms with Crippen molar-refractivity contribution < 1.29 is 28.0 Å². The summed E-state index contributed by atoms with van der Waals surface area (Å²) >= 11 is 0. The van der Waals surface area contributed by atoms with E-state index < -0.39 is 24.3 Å². The zero-order chi connectivity index (χ0) is 23.9. The number of aromatic nitrogens is 2. The molecule has 0 aliphatic carbocycles. The van der Waals surface area contributed by atoms with Crippen molar-refractivity contribution in [3.8, 4) is 17.1 Å². The van der Waals surface area contributed by atoms with E-state index in [0.29, 0.717) is 5.82 Å². The smallest absolute Gasteiger partial charge is 0.342 e. The minimum Gasteiger partial charge on any atom is -0.483 e. The number of nitrogens with zero attached hydrogens (tertiary/aromatic N) is 2. The van der Waals surface area contributed by atoms with Crippen LogP contribution in [0.15, 0.2) is 77.3 Å². The van der Waals surface area contributed by atoms with Crippen LogP contribution in [0.3, 0.4) is 0 Å². The van der Waals surface area contributed by atoms with Crippen molar-refractivity contribution >= 4 is 17.6 Å². The van der Waals surface area contributed by atoms with Gasteiger partial charge in [-0.05, 0) is 31.2 Å². The highest BCUT2D eigenvalue weighted by Gasteiger charge is 2.17. The number of para-hydroxylation sites is 2. The fraction of sp³-hybridized carbons (Fsp3) is 0.120. The highest BCUT2D eigenvalue weighted by atomic mass is 19.1. The number of nitrogens with one attached hydrogen (secondary N) is 1. The Morgan fingerprint density at radius 3 is 2.53 bits per heavy atom. The maximum atomic E-state index is 13.7. The van der Waals surface area contributed by atoms with Gasteiger partial charge in [0, 0.05) is 5.56 Å². The molecule has 0 bridgehead atoms. The summed E-state index contributed by atoms with van der Waals surface area (Å²) in [6.07, 6.45) is 0. The number of rotatable bonds is 8. The largest absolute Gasteiger partial charge is 0.483 e. The van der Waals surface area contributed by atoms with Crippen LogP contribution in [0.25, 0.3) is 11.4 Å². The first-order valence-corrected chi connectivity index (χ1v) is 10.3. The van der Waals surface area contributed by atoms with E-state index in [-0.39, 0.29) is 29.5 Å². The molecule has 0 radical (unpaired) electrons. The lowest BCUT2D eigenvalue weighted by atomic mass is 10.1. The molecule has 0 unspecified atom stereocenters. The lowest BCUT2D eigenvalue weighted by Gasteiger charge is -2.11. The Labute approximate surface area is 194 Å². The van der Waals surface area contributed by atoms with Gasteiger partial charge in [0.1, 0.15) is 17.1 Å². The van der Waals surface area contributed by atoms with Crippen molar-refractivity contribution in [2.45, 2.75) is 13.5 Å². The van der Waals surface area contributed by atoms with Gasteiger partial charge in [-0.1, -0.05) is 59.3 Å². The normalized spacial score (nSPS) is 10.5. The SMILES string of the molecule is Cc1ccc(-c2noc(COC(=O)c3ccccc3OCC(=O)Nc3ccccc3F)n2)cc1. The number of ether oxygens (including phenoxy) is 2. The summed E-state index contributed by atoms with van der Waals surface area (Å²) in [4.78, 5) is 28.9. The zero-order valence-electron chi connectivity index (χ0n) is 18.2. The number of amides is 1. The Balaban J connectivity index is 1.35. The third-order valence-corrected chi connectivity index (χ3v) is 4.72. The molecule has 3 aromatic carbocycles. The molecule has 172 valence electrons. The second kappa shape index (κ2) is 10.4. The van der Waals surface area contributed by atoms with Gasteiger partial charge in [-0.25, -0.2) is 9.18 Å². The number of hydrogen-bond acceptors (Lipinski definition) is 7. The van der Waals surface area contributed by atoms with E-state index in [4.69, 9.17) is 14.0 Å². The Hall–Kier alpha value is -4.53. The molecule has 0 aliphatic heterocycles. The molecule has 0 saturated heterocycles.